The molecule has 0 unspecified atom stereocenters. The lowest BCUT2D eigenvalue weighted by molar-refractivity contribution is 0.535. The molecule has 0 heterocycles. The number of nitrogens with zero attached hydrogens (tertiary/aromatic N) is 1. The predicted molar refractivity (Wildman–Crippen MR) is 95.3 cm³/mol. The fourth-order valence-corrected chi connectivity index (χ4v) is 2.51. The molecule has 0 amide bonds. The molecule has 0 fully saturated rings. The van der Waals surface area contributed by atoms with Crippen molar-refractivity contribution in [3.8, 4) is 0 Å². The molecule has 0 saturated heterocycles. The number of nitrogens with one attached hydrogen (secondary N) is 1. The van der Waals surface area contributed by atoms with Gasteiger partial charge in [-0.1, -0.05) is 45.4 Å². The third-order valence-corrected chi connectivity index (χ3v) is 4.07. The maximum atomic E-state index is 6.41. The first-order chi connectivity index (χ1) is 9.93. The first kappa shape index (κ1) is 18.3. The molecule has 3 heteroatoms. The van der Waals surface area contributed by atoms with Crippen LogP contribution in [-0.2, 0) is 6.54 Å². The molecule has 0 aliphatic heterocycles. The van der Waals surface area contributed by atoms with Crippen molar-refractivity contribution in [2.24, 2.45) is 11.8 Å². The Bertz CT molecular complexity index is 404. The van der Waals surface area contributed by atoms with Crippen LogP contribution in [0.25, 0.3) is 0 Å². The van der Waals surface area contributed by atoms with E-state index in [0.29, 0.717) is 0 Å². The van der Waals surface area contributed by atoms with Crippen molar-refractivity contribution >= 4 is 17.3 Å². The molecule has 0 saturated carbocycles. The molecule has 0 aliphatic rings. The van der Waals surface area contributed by atoms with Crippen LogP contribution < -0.4 is 10.2 Å². The van der Waals surface area contributed by atoms with Gasteiger partial charge < -0.3 is 10.2 Å². The van der Waals surface area contributed by atoms with E-state index in [1.165, 1.54) is 18.5 Å². The fourth-order valence-electron chi connectivity index (χ4n) is 2.26. The Labute approximate surface area is 135 Å². The molecule has 120 valence electrons. The molecule has 1 rings (SSSR count). The summed E-state index contributed by atoms with van der Waals surface area (Å²) >= 11 is 6.41. The van der Waals surface area contributed by atoms with Gasteiger partial charge in [0, 0.05) is 30.3 Å². The number of benzene rings is 1. The van der Waals surface area contributed by atoms with Gasteiger partial charge in [0.2, 0.25) is 0 Å². The quantitative estimate of drug-likeness (QED) is 0.693. The van der Waals surface area contributed by atoms with Crippen LogP contribution in [0.4, 0.5) is 5.69 Å². The molecule has 1 aromatic rings. The van der Waals surface area contributed by atoms with Gasteiger partial charge in [-0.15, -0.1) is 0 Å². The van der Waals surface area contributed by atoms with Crippen molar-refractivity contribution in [1.29, 1.82) is 0 Å². The second-order valence-electron chi connectivity index (χ2n) is 6.66. The van der Waals surface area contributed by atoms with Crippen LogP contribution in [0.5, 0.6) is 0 Å². The largest absolute Gasteiger partial charge is 0.371 e. The number of halogens is 1. The first-order valence-electron chi connectivity index (χ1n) is 8.12. The van der Waals surface area contributed by atoms with E-state index in [1.807, 2.05) is 7.05 Å². The summed E-state index contributed by atoms with van der Waals surface area (Å²) in [4.78, 5) is 2.48. The van der Waals surface area contributed by atoms with E-state index in [2.05, 4.69) is 56.1 Å². The molecule has 21 heavy (non-hydrogen) atoms. The zero-order valence-electron chi connectivity index (χ0n) is 14.2. The molecule has 0 atom stereocenters. The van der Waals surface area contributed by atoms with Crippen molar-refractivity contribution < 1.29 is 0 Å². The van der Waals surface area contributed by atoms with Crippen molar-refractivity contribution in [3.05, 3.63) is 28.8 Å². The summed E-state index contributed by atoms with van der Waals surface area (Å²) in [5.74, 6) is 1.45. The van der Waals surface area contributed by atoms with Gasteiger partial charge in [-0.2, -0.15) is 0 Å². The topological polar surface area (TPSA) is 15.3 Å². The smallest absolute Gasteiger partial charge is 0.0471 e. The minimum absolute atomic E-state index is 0.727. The van der Waals surface area contributed by atoms with Crippen molar-refractivity contribution in [2.75, 3.05) is 25.0 Å². The molecule has 0 aromatic heterocycles. The summed E-state index contributed by atoms with van der Waals surface area (Å²) in [7, 11) is 1.95. The lowest BCUT2D eigenvalue weighted by atomic mass is 10.1. The lowest BCUT2D eigenvalue weighted by Gasteiger charge is -2.27. The predicted octanol–water partition coefficient (Wildman–Crippen LogP) is 4.96. The molecule has 2 nitrogen and oxygen atoms in total. The van der Waals surface area contributed by atoms with E-state index in [0.717, 1.165) is 42.1 Å². The summed E-state index contributed by atoms with van der Waals surface area (Å²) in [5, 5.41) is 4.02. The van der Waals surface area contributed by atoms with E-state index >= 15 is 0 Å². The Morgan fingerprint density at radius 3 is 2.05 bits per heavy atom. The standard InChI is InChI=1S/C18H31ClN2/c1-14(2)8-10-21(11-9-15(3)4)17-7-6-16(13-20-5)18(19)12-17/h6-7,12,14-15,20H,8-11,13H2,1-5H3. The molecule has 0 radical (unpaired) electrons. The lowest BCUT2D eigenvalue weighted by Crippen LogP contribution is -2.27. The van der Waals surface area contributed by atoms with Crippen LogP contribution in [0.1, 0.15) is 46.1 Å². The monoisotopic (exact) mass is 310 g/mol. The Morgan fingerprint density at radius 2 is 1.62 bits per heavy atom. The van der Waals surface area contributed by atoms with Gasteiger partial charge in [-0.05, 0) is 49.4 Å². The zero-order valence-corrected chi connectivity index (χ0v) is 15.0. The molecule has 0 aliphatic carbocycles. The van der Waals surface area contributed by atoms with Gasteiger partial charge in [0.05, 0.1) is 0 Å². The summed E-state index contributed by atoms with van der Waals surface area (Å²) in [6, 6.07) is 6.47. The van der Waals surface area contributed by atoms with Crippen LogP contribution in [-0.4, -0.2) is 20.1 Å². The molecular weight excluding hydrogens is 280 g/mol. The summed E-state index contributed by atoms with van der Waals surface area (Å²) < 4.78 is 0. The van der Waals surface area contributed by atoms with E-state index in [4.69, 9.17) is 11.6 Å². The van der Waals surface area contributed by atoms with Gasteiger partial charge in [0.15, 0.2) is 0 Å². The normalized spacial score (nSPS) is 11.4. The number of hydrogen-bond acceptors (Lipinski definition) is 2. The average Bonchev–Trinajstić information content (AvgIpc) is 2.41. The maximum Gasteiger partial charge on any atom is 0.0471 e. The van der Waals surface area contributed by atoms with Crippen molar-refractivity contribution in [3.63, 3.8) is 0 Å². The van der Waals surface area contributed by atoms with Crippen LogP contribution in [0.3, 0.4) is 0 Å². The first-order valence-corrected chi connectivity index (χ1v) is 8.49. The van der Waals surface area contributed by atoms with E-state index in [1.54, 1.807) is 0 Å². The summed E-state index contributed by atoms with van der Waals surface area (Å²) in [5.41, 5.74) is 2.41. The highest BCUT2D eigenvalue weighted by atomic mass is 35.5. The highest BCUT2D eigenvalue weighted by Crippen LogP contribution is 2.25. The molecule has 1 aromatic carbocycles. The summed E-state index contributed by atoms with van der Waals surface area (Å²) in [6.45, 7) is 12.1. The molecule has 0 bridgehead atoms. The number of hydrogen-bond donors (Lipinski definition) is 1. The van der Waals surface area contributed by atoms with Crippen LogP contribution in [0.2, 0.25) is 5.02 Å². The van der Waals surface area contributed by atoms with Gasteiger partial charge >= 0.3 is 0 Å². The van der Waals surface area contributed by atoms with Crippen LogP contribution >= 0.6 is 11.6 Å². The molecule has 0 spiro atoms. The Kier molecular flexibility index (Phi) is 8.13. The van der Waals surface area contributed by atoms with E-state index < -0.39 is 0 Å². The minimum Gasteiger partial charge on any atom is -0.371 e. The Balaban J connectivity index is 2.82. The van der Waals surface area contributed by atoms with E-state index in [9.17, 15) is 0 Å². The van der Waals surface area contributed by atoms with Crippen LogP contribution in [0, 0.1) is 11.8 Å². The van der Waals surface area contributed by atoms with Crippen molar-refractivity contribution in [1.82, 2.24) is 5.32 Å². The summed E-state index contributed by atoms with van der Waals surface area (Å²) in [6.07, 6.45) is 2.43. The van der Waals surface area contributed by atoms with Gasteiger partial charge in [-0.3, -0.25) is 0 Å². The van der Waals surface area contributed by atoms with Gasteiger partial charge in [0.25, 0.3) is 0 Å². The highest BCUT2D eigenvalue weighted by molar-refractivity contribution is 6.31. The fraction of sp³-hybridized carbons (Fsp3) is 0.667. The van der Waals surface area contributed by atoms with Gasteiger partial charge in [0.1, 0.15) is 0 Å². The second-order valence-corrected chi connectivity index (χ2v) is 7.07. The Morgan fingerprint density at radius 1 is 1.05 bits per heavy atom. The maximum absolute atomic E-state index is 6.41. The van der Waals surface area contributed by atoms with Crippen molar-refractivity contribution in [2.45, 2.75) is 47.1 Å². The molecule has 1 N–H and O–H groups in total. The minimum atomic E-state index is 0.727. The third-order valence-electron chi connectivity index (χ3n) is 3.72. The van der Waals surface area contributed by atoms with Gasteiger partial charge in [-0.25, -0.2) is 0 Å². The van der Waals surface area contributed by atoms with E-state index in [-0.39, 0.29) is 0 Å². The zero-order chi connectivity index (χ0) is 15.8. The highest BCUT2D eigenvalue weighted by Gasteiger charge is 2.10. The SMILES string of the molecule is CNCc1ccc(N(CCC(C)C)CCC(C)C)cc1Cl. The average molecular weight is 311 g/mol. The number of rotatable bonds is 9. The second kappa shape index (κ2) is 9.32. The third kappa shape index (κ3) is 6.71. The number of anilines is 1. The Hall–Kier alpha value is -0.730. The molecular formula is C18H31ClN2. The van der Waals surface area contributed by atoms with Crippen LogP contribution in [0.15, 0.2) is 18.2 Å².